The molecule has 1 aromatic heterocycles. The number of hydrogen-bond acceptors (Lipinski definition) is 3. The fourth-order valence-electron chi connectivity index (χ4n) is 2.34. The van der Waals surface area contributed by atoms with Crippen molar-refractivity contribution in [3.05, 3.63) is 57.8 Å². The average Bonchev–Trinajstić information content (AvgIpc) is 3.13. The molecule has 0 aliphatic heterocycles. The molecule has 2 aromatic rings. The van der Waals surface area contributed by atoms with Crippen LogP contribution in [0.5, 0.6) is 0 Å². The van der Waals surface area contributed by atoms with Crippen molar-refractivity contribution in [3.8, 4) is 0 Å². The number of nitrogens with one attached hydrogen (secondary N) is 2. The third-order valence-electron chi connectivity index (χ3n) is 3.79. The van der Waals surface area contributed by atoms with Crippen LogP contribution in [-0.4, -0.2) is 26.2 Å². The quantitative estimate of drug-likeness (QED) is 0.340. The first-order valence-electron chi connectivity index (χ1n) is 8.34. The first kappa shape index (κ1) is 21.9. The number of aliphatic imine (C=N–C) groups is 1. The van der Waals surface area contributed by atoms with Gasteiger partial charge in [0.05, 0.1) is 13.2 Å². The van der Waals surface area contributed by atoms with Crippen molar-refractivity contribution in [2.45, 2.75) is 32.9 Å². The smallest absolute Gasteiger partial charge is 0.191 e. The maximum absolute atomic E-state index is 5.14. The molecule has 0 aliphatic rings. The van der Waals surface area contributed by atoms with Gasteiger partial charge < -0.3 is 15.4 Å². The van der Waals surface area contributed by atoms with Crippen molar-refractivity contribution >= 4 is 41.3 Å². The molecule has 1 atom stereocenters. The highest BCUT2D eigenvalue weighted by Crippen LogP contribution is 2.17. The van der Waals surface area contributed by atoms with Gasteiger partial charge in [-0.2, -0.15) is 11.3 Å². The van der Waals surface area contributed by atoms with E-state index in [9.17, 15) is 0 Å². The van der Waals surface area contributed by atoms with Crippen LogP contribution in [0.25, 0.3) is 0 Å². The minimum Gasteiger partial charge on any atom is -0.380 e. The molecule has 0 radical (unpaired) electrons. The second-order valence-corrected chi connectivity index (χ2v) is 6.56. The monoisotopic (exact) mass is 473 g/mol. The lowest BCUT2D eigenvalue weighted by atomic mass is 10.1. The predicted octanol–water partition coefficient (Wildman–Crippen LogP) is 4.37. The molecule has 0 fully saturated rings. The summed E-state index contributed by atoms with van der Waals surface area (Å²) in [6.07, 6.45) is 0. The highest BCUT2D eigenvalue weighted by atomic mass is 127. The highest BCUT2D eigenvalue weighted by molar-refractivity contribution is 14.0. The van der Waals surface area contributed by atoms with Gasteiger partial charge in [-0.25, -0.2) is 4.99 Å². The van der Waals surface area contributed by atoms with E-state index >= 15 is 0 Å². The van der Waals surface area contributed by atoms with Gasteiger partial charge in [-0.15, -0.1) is 24.0 Å². The molecular weight excluding hydrogens is 445 g/mol. The van der Waals surface area contributed by atoms with E-state index < -0.39 is 0 Å². The first-order chi connectivity index (χ1) is 11.7. The van der Waals surface area contributed by atoms with Crippen LogP contribution in [-0.2, 0) is 17.9 Å². The first-order valence-corrected chi connectivity index (χ1v) is 9.28. The standard InChI is InChI=1S/C19H27N3OS.HI/c1-4-20-19(21-11-15(2)18-9-10-24-14-18)22-12-16-5-7-17(8-6-16)13-23-3;/h5-10,14-15H,4,11-13H2,1-3H3,(H2,20,21,22);1H. The van der Waals surface area contributed by atoms with Crippen LogP contribution in [0.15, 0.2) is 46.1 Å². The SMILES string of the molecule is CCNC(=NCc1ccc(COC)cc1)NCC(C)c1ccsc1.I. The van der Waals surface area contributed by atoms with Gasteiger partial charge in [-0.05, 0) is 46.4 Å². The van der Waals surface area contributed by atoms with E-state index in [2.05, 4.69) is 70.6 Å². The fourth-order valence-corrected chi connectivity index (χ4v) is 3.12. The van der Waals surface area contributed by atoms with E-state index in [0.29, 0.717) is 19.1 Å². The molecule has 2 N–H and O–H groups in total. The van der Waals surface area contributed by atoms with Gasteiger partial charge in [-0.3, -0.25) is 0 Å². The topological polar surface area (TPSA) is 45.7 Å². The molecular formula is C19H28IN3OS. The van der Waals surface area contributed by atoms with E-state index in [0.717, 1.165) is 19.0 Å². The number of thiophene rings is 1. The molecule has 1 aromatic carbocycles. The van der Waals surface area contributed by atoms with Crippen molar-refractivity contribution in [1.82, 2.24) is 10.6 Å². The molecule has 0 saturated carbocycles. The summed E-state index contributed by atoms with van der Waals surface area (Å²) in [7, 11) is 1.71. The number of hydrogen-bond donors (Lipinski definition) is 2. The molecule has 4 nitrogen and oxygen atoms in total. The second-order valence-electron chi connectivity index (χ2n) is 5.78. The lowest BCUT2D eigenvalue weighted by Gasteiger charge is -2.15. The number of methoxy groups -OCH3 is 1. The van der Waals surface area contributed by atoms with Crippen LogP contribution >= 0.6 is 35.3 Å². The number of rotatable bonds is 8. The highest BCUT2D eigenvalue weighted by Gasteiger charge is 2.07. The summed E-state index contributed by atoms with van der Waals surface area (Å²) < 4.78 is 5.14. The van der Waals surface area contributed by atoms with Crippen molar-refractivity contribution in [1.29, 1.82) is 0 Å². The number of ether oxygens (including phenoxy) is 1. The minimum absolute atomic E-state index is 0. The summed E-state index contributed by atoms with van der Waals surface area (Å²) in [5.41, 5.74) is 3.75. The van der Waals surface area contributed by atoms with Crippen molar-refractivity contribution in [2.75, 3.05) is 20.2 Å². The van der Waals surface area contributed by atoms with Crippen LogP contribution in [0.1, 0.15) is 36.5 Å². The van der Waals surface area contributed by atoms with Gasteiger partial charge in [-0.1, -0.05) is 31.2 Å². The van der Waals surface area contributed by atoms with E-state index in [4.69, 9.17) is 4.74 Å². The summed E-state index contributed by atoms with van der Waals surface area (Å²) in [5.74, 6) is 1.33. The van der Waals surface area contributed by atoms with Gasteiger partial charge in [0.1, 0.15) is 0 Å². The Balaban J connectivity index is 0.00000312. The van der Waals surface area contributed by atoms with Gasteiger partial charge in [0.15, 0.2) is 5.96 Å². The lowest BCUT2D eigenvalue weighted by molar-refractivity contribution is 0.185. The molecule has 1 unspecified atom stereocenters. The molecule has 0 saturated heterocycles. The normalized spacial score (nSPS) is 12.4. The third-order valence-corrected chi connectivity index (χ3v) is 4.49. The molecule has 138 valence electrons. The Labute approximate surface area is 172 Å². The summed E-state index contributed by atoms with van der Waals surface area (Å²) in [4.78, 5) is 4.68. The summed E-state index contributed by atoms with van der Waals surface area (Å²) in [6, 6.07) is 10.6. The van der Waals surface area contributed by atoms with Crippen LogP contribution in [0.4, 0.5) is 0 Å². The molecule has 6 heteroatoms. The second kappa shape index (κ2) is 12.3. The zero-order chi connectivity index (χ0) is 17.2. The molecule has 0 spiro atoms. The summed E-state index contributed by atoms with van der Waals surface area (Å²) in [5, 5.41) is 11.1. The Kier molecular flexibility index (Phi) is 10.8. The van der Waals surface area contributed by atoms with Crippen molar-refractivity contribution in [3.63, 3.8) is 0 Å². The predicted molar refractivity (Wildman–Crippen MR) is 118 cm³/mol. The molecule has 0 amide bonds. The number of benzene rings is 1. The van der Waals surface area contributed by atoms with Crippen LogP contribution in [0, 0.1) is 0 Å². The van der Waals surface area contributed by atoms with Crippen LogP contribution < -0.4 is 10.6 Å². The number of nitrogens with zero attached hydrogens (tertiary/aromatic N) is 1. The van der Waals surface area contributed by atoms with Crippen LogP contribution in [0.2, 0.25) is 0 Å². The molecule has 0 aliphatic carbocycles. The zero-order valence-corrected chi connectivity index (χ0v) is 18.3. The zero-order valence-electron chi connectivity index (χ0n) is 15.1. The Hall–Kier alpha value is -1.12. The van der Waals surface area contributed by atoms with E-state index in [1.165, 1.54) is 16.7 Å². The number of guanidine groups is 1. The molecule has 2 rings (SSSR count). The summed E-state index contributed by atoms with van der Waals surface area (Å²) >= 11 is 1.74. The fraction of sp³-hybridized carbons (Fsp3) is 0.421. The van der Waals surface area contributed by atoms with E-state index in [1.54, 1.807) is 18.4 Å². The molecule has 0 bridgehead atoms. The van der Waals surface area contributed by atoms with Crippen molar-refractivity contribution in [2.24, 2.45) is 4.99 Å². The molecule has 25 heavy (non-hydrogen) atoms. The Morgan fingerprint density at radius 3 is 2.48 bits per heavy atom. The maximum atomic E-state index is 5.14. The van der Waals surface area contributed by atoms with Gasteiger partial charge in [0.2, 0.25) is 0 Å². The lowest BCUT2D eigenvalue weighted by Crippen LogP contribution is -2.39. The summed E-state index contributed by atoms with van der Waals surface area (Å²) in [6.45, 7) is 7.34. The average molecular weight is 473 g/mol. The van der Waals surface area contributed by atoms with Gasteiger partial charge in [0.25, 0.3) is 0 Å². The Morgan fingerprint density at radius 2 is 1.88 bits per heavy atom. The van der Waals surface area contributed by atoms with Gasteiger partial charge in [0, 0.05) is 20.2 Å². The minimum atomic E-state index is 0. The van der Waals surface area contributed by atoms with Gasteiger partial charge >= 0.3 is 0 Å². The Bertz CT molecular complexity index is 614. The van der Waals surface area contributed by atoms with E-state index in [1.807, 2.05) is 0 Å². The third kappa shape index (κ3) is 7.75. The molecule has 1 heterocycles. The van der Waals surface area contributed by atoms with Crippen LogP contribution in [0.3, 0.4) is 0 Å². The number of halogens is 1. The largest absolute Gasteiger partial charge is 0.380 e. The Morgan fingerprint density at radius 1 is 1.16 bits per heavy atom. The maximum Gasteiger partial charge on any atom is 0.191 e. The van der Waals surface area contributed by atoms with Crippen molar-refractivity contribution < 1.29 is 4.74 Å². The van der Waals surface area contributed by atoms with E-state index in [-0.39, 0.29) is 24.0 Å².